The molecule has 2 atom stereocenters. The summed E-state index contributed by atoms with van der Waals surface area (Å²) in [5, 5.41) is 0. The Morgan fingerprint density at radius 2 is 1.94 bits per heavy atom. The average molecular weight is 251 g/mol. The number of hydrogen-bond donors (Lipinski definition) is 1. The number of rotatable bonds is 5. The van der Waals surface area contributed by atoms with Crippen LogP contribution in [0.3, 0.4) is 0 Å². The van der Waals surface area contributed by atoms with Crippen molar-refractivity contribution in [3.05, 3.63) is 29.8 Å². The molecule has 3 heteroatoms. The molecule has 0 aliphatic carbocycles. The van der Waals surface area contributed by atoms with Crippen LogP contribution in [-0.4, -0.2) is 18.8 Å². The van der Waals surface area contributed by atoms with Gasteiger partial charge in [0, 0.05) is 6.04 Å². The minimum atomic E-state index is -0.222. The lowest BCUT2D eigenvalue weighted by atomic mass is 9.99. The van der Waals surface area contributed by atoms with Crippen molar-refractivity contribution in [1.29, 1.82) is 0 Å². The molecule has 1 aromatic carbocycles. The van der Waals surface area contributed by atoms with E-state index in [1.54, 1.807) is 7.11 Å². The zero-order chi connectivity index (χ0) is 13.8. The first-order valence-electron chi connectivity index (χ1n) is 6.44. The Morgan fingerprint density at radius 1 is 1.28 bits per heavy atom. The maximum absolute atomic E-state index is 6.18. The van der Waals surface area contributed by atoms with E-state index >= 15 is 0 Å². The minimum Gasteiger partial charge on any atom is -0.497 e. The maximum Gasteiger partial charge on any atom is 0.119 e. The summed E-state index contributed by atoms with van der Waals surface area (Å²) in [4.78, 5) is 0. The lowest BCUT2D eigenvalue weighted by Crippen LogP contribution is -2.34. The van der Waals surface area contributed by atoms with Gasteiger partial charge in [-0.15, -0.1) is 0 Å². The molecule has 0 aliphatic heterocycles. The first-order valence-corrected chi connectivity index (χ1v) is 6.44. The van der Waals surface area contributed by atoms with Gasteiger partial charge in [-0.05, 0) is 44.9 Å². The molecule has 0 spiro atoms. The quantitative estimate of drug-likeness (QED) is 0.873. The molecule has 1 aromatic rings. The standard InChI is InChI=1S/C15H25NO2/c1-6-13(16)14(18-15(2,3)4)11-8-7-9-12(10-11)17-5/h7-10,13-14H,6,16H2,1-5H3. The van der Waals surface area contributed by atoms with Crippen LogP contribution in [0.15, 0.2) is 24.3 Å². The number of ether oxygens (including phenoxy) is 2. The van der Waals surface area contributed by atoms with E-state index in [4.69, 9.17) is 15.2 Å². The molecule has 0 aromatic heterocycles. The first-order chi connectivity index (χ1) is 8.37. The zero-order valence-electron chi connectivity index (χ0n) is 12.1. The van der Waals surface area contributed by atoms with Crippen molar-refractivity contribution in [2.24, 2.45) is 5.73 Å². The van der Waals surface area contributed by atoms with Crippen LogP contribution in [0.2, 0.25) is 0 Å². The molecular formula is C15H25NO2. The van der Waals surface area contributed by atoms with Crippen molar-refractivity contribution in [2.75, 3.05) is 7.11 Å². The highest BCUT2D eigenvalue weighted by atomic mass is 16.5. The molecule has 102 valence electrons. The third-order valence-corrected chi connectivity index (χ3v) is 2.76. The van der Waals surface area contributed by atoms with Gasteiger partial charge in [-0.25, -0.2) is 0 Å². The van der Waals surface area contributed by atoms with Crippen LogP contribution in [0.5, 0.6) is 5.75 Å². The summed E-state index contributed by atoms with van der Waals surface area (Å²) in [7, 11) is 1.67. The Bertz CT molecular complexity index is 371. The van der Waals surface area contributed by atoms with Crippen molar-refractivity contribution >= 4 is 0 Å². The Labute approximate surface area is 110 Å². The van der Waals surface area contributed by atoms with Gasteiger partial charge >= 0.3 is 0 Å². The van der Waals surface area contributed by atoms with E-state index in [9.17, 15) is 0 Å². The molecule has 0 amide bonds. The van der Waals surface area contributed by atoms with Gasteiger partial charge in [0.05, 0.1) is 18.8 Å². The molecule has 0 heterocycles. The van der Waals surface area contributed by atoms with Gasteiger partial charge in [-0.2, -0.15) is 0 Å². The van der Waals surface area contributed by atoms with Crippen molar-refractivity contribution in [1.82, 2.24) is 0 Å². The second kappa shape index (κ2) is 6.21. The summed E-state index contributed by atoms with van der Waals surface area (Å²) in [5.74, 6) is 0.832. The van der Waals surface area contributed by atoms with E-state index in [-0.39, 0.29) is 17.7 Å². The van der Waals surface area contributed by atoms with Gasteiger partial charge in [0.2, 0.25) is 0 Å². The predicted octanol–water partition coefficient (Wildman–Crippen LogP) is 3.29. The van der Waals surface area contributed by atoms with Crippen LogP contribution in [0.1, 0.15) is 45.8 Å². The molecular weight excluding hydrogens is 226 g/mol. The predicted molar refractivity (Wildman–Crippen MR) is 74.8 cm³/mol. The molecule has 18 heavy (non-hydrogen) atoms. The summed E-state index contributed by atoms with van der Waals surface area (Å²) in [6, 6.07) is 7.90. The minimum absolute atomic E-state index is 0.0173. The molecule has 0 fully saturated rings. The summed E-state index contributed by atoms with van der Waals surface area (Å²) >= 11 is 0. The molecule has 0 saturated heterocycles. The summed E-state index contributed by atoms with van der Waals surface area (Å²) in [6.45, 7) is 8.21. The van der Waals surface area contributed by atoms with Crippen molar-refractivity contribution in [3.63, 3.8) is 0 Å². The number of hydrogen-bond acceptors (Lipinski definition) is 3. The molecule has 1 rings (SSSR count). The highest BCUT2D eigenvalue weighted by Crippen LogP contribution is 2.29. The van der Waals surface area contributed by atoms with Crippen LogP contribution >= 0.6 is 0 Å². The molecule has 2 unspecified atom stereocenters. The highest BCUT2D eigenvalue weighted by molar-refractivity contribution is 5.30. The molecule has 0 aliphatic rings. The monoisotopic (exact) mass is 251 g/mol. The molecule has 0 bridgehead atoms. The number of nitrogens with two attached hydrogens (primary N) is 1. The fourth-order valence-electron chi connectivity index (χ4n) is 1.82. The van der Waals surface area contributed by atoms with E-state index < -0.39 is 0 Å². The van der Waals surface area contributed by atoms with E-state index in [2.05, 4.69) is 6.92 Å². The largest absolute Gasteiger partial charge is 0.497 e. The lowest BCUT2D eigenvalue weighted by Gasteiger charge is -2.31. The summed E-state index contributed by atoms with van der Waals surface area (Å²) in [6.07, 6.45) is 0.767. The third kappa shape index (κ3) is 4.31. The summed E-state index contributed by atoms with van der Waals surface area (Å²) in [5.41, 5.74) is 7.03. The van der Waals surface area contributed by atoms with Gasteiger partial charge in [0.1, 0.15) is 5.75 Å². The van der Waals surface area contributed by atoms with Gasteiger partial charge in [0.15, 0.2) is 0 Å². The van der Waals surface area contributed by atoms with E-state index in [1.165, 1.54) is 0 Å². The molecule has 0 radical (unpaired) electrons. The van der Waals surface area contributed by atoms with E-state index in [0.29, 0.717) is 0 Å². The van der Waals surface area contributed by atoms with Gasteiger partial charge in [-0.1, -0.05) is 19.1 Å². The maximum atomic E-state index is 6.18. The Morgan fingerprint density at radius 3 is 2.44 bits per heavy atom. The van der Waals surface area contributed by atoms with Crippen LogP contribution in [0, 0.1) is 0 Å². The zero-order valence-corrected chi connectivity index (χ0v) is 12.1. The van der Waals surface area contributed by atoms with Crippen LogP contribution in [0.4, 0.5) is 0 Å². The van der Waals surface area contributed by atoms with Crippen molar-refractivity contribution in [2.45, 2.75) is 51.9 Å². The van der Waals surface area contributed by atoms with E-state index in [1.807, 2.05) is 45.0 Å². The Balaban J connectivity index is 3.01. The number of methoxy groups -OCH3 is 1. The fourth-order valence-corrected chi connectivity index (χ4v) is 1.82. The second-order valence-corrected chi connectivity index (χ2v) is 5.50. The fraction of sp³-hybridized carbons (Fsp3) is 0.600. The molecule has 3 nitrogen and oxygen atoms in total. The Hall–Kier alpha value is -1.06. The summed E-state index contributed by atoms with van der Waals surface area (Å²) < 4.78 is 11.3. The Kier molecular flexibility index (Phi) is 5.17. The smallest absolute Gasteiger partial charge is 0.119 e. The van der Waals surface area contributed by atoms with Crippen LogP contribution in [0.25, 0.3) is 0 Å². The highest BCUT2D eigenvalue weighted by Gasteiger charge is 2.25. The van der Waals surface area contributed by atoms with Crippen molar-refractivity contribution in [3.8, 4) is 5.75 Å². The van der Waals surface area contributed by atoms with Gasteiger partial charge in [-0.3, -0.25) is 0 Å². The third-order valence-electron chi connectivity index (χ3n) is 2.76. The van der Waals surface area contributed by atoms with Crippen LogP contribution in [-0.2, 0) is 4.74 Å². The van der Waals surface area contributed by atoms with E-state index in [0.717, 1.165) is 17.7 Å². The molecule has 0 saturated carbocycles. The first kappa shape index (κ1) is 15.0. The van der Waals surface area contributed by atoms with Crippen molar-refractivity contribution < 1.29 is 9.47 Å². The SMILES string of the molecule is CCC(N)C(OC(C)(C)C)c1cccc(OC)c1. The average Bonchev–Trinajstić information content (AvgIpc) is 2.34. The number of benzene rings is 1. The second-order valence-electron chi connectivity index (χ2n) is 5.50. The molecule has 2 N–H and O–H groups in total. The lowest BCUT2D eigenvalue weighted by molar-refractivity contribution is -0.0729. The topological polar surface area (TPSA) is 44.5 Å². The normalized spacial score (nSPS) is 15.2. The van der Waals surface area contributed by atoms with Crippen LogP contribution < -0.4 is 10.5 Å². The van der Waals surface area contributed by atoms with Gasteiger partial charge in [0.25, 0.3) is 0 Å². The van der Waals surface area contributed by atoms with Gasteiger partial charge < -0.3 is 15.2 Å².